The molecule has 1 aromatic heterocycles. The van der Waals surface area contributed by atoms with Crippen LogP contribution in [0.1, 0.15) is 49.8 Å². The van der Waals surface area contributed by atoms with Gasteiger partial charge < -0.3 is 24.0 Å². The van der Waals surface area contributed by atoms with Gasteiger partial charge in [-0.05, 0) is 42.0 Å². The summed E-state index contributed by atoms with van der Waals surface area (Å²) < 4.78 is 18.3. The molecule has 5 rings (SSSR count). The van der Waals surface area contributed by atoms with Crippen molar-refractivity contribution >= 4 is 35.3 Å². The first-order chi connectivity index (χ1) is 21.5. The Morgan fingerprint density at radius 3 is 2.13 bits per heavy atom. The minimum Gasteiger partial charge on any atom is -0.497 e. The van der Waals surface area contributed by atoms with Crippen molar-refractivity contribution in [2.75, 3.05) is 64.7 Å². The normalized spacial score (nSPS) is 17.1. The fraction of sp³-hybridized carbons (Fsp3) is 0.455. The van der Waals surface area contributed by atoms with Crippen LogP contribution in [0.4, 0.5) is 5.82 Å². The van der Waals surface area contributed by atoms with Crippen LogP contribution in [0.15, 0.2) is 42.5 Å². The zero-order chi connectivity index (χ0) is 32.5. The molecule has 3 heterocycles. The zero-order valence-electron chi connectivity index (χ0n) is 27.0. The molecule has 45 heavy (non-hydrogen) atoms. The molecular formula is C33H41N5O6S. The number of anilines is 1. The van der Waals surface area contributed by atoms with Gasteiger partial charge in [-0.3, -0.25) is 19.3 Å². The van der Waals surface area contributed by atoms with E-state index in [-0.39, 0.29) is 35.3 Å². The predicted octanol–water partition coefficient (Wildman–Crippen LogP) is 4.06. The average molecular weight is 636 g/mol. The van der Waals surface area contributed by atoms with Crippen molar-refractivity contribution in [2.24, 2.45) is 0 Å². The summed E-state index contributed by atoms with van der Waals surface area (Å²) in [6, 6.07) is 13.3. The van der Waals surface area contributed by atoms with E-state index >= 15 is 0 Å². The van der Waals surface area contributed by atoms with Crippen LogP contribution in [0.2, 0.25) is 0 Å². The Bertz CT molecular complexity index is 1570. The summed E-state index contributed by atoms with van der Waals surface area (Å²) >= 11 is 1.51. The van der Waals surface area contributed by atoms with Gasteiger partial charge in [0.1, 0.15) is 18.1 Å². The van der Waals surface area contributed by atoms with E-state index in [1.54, 1.807) is 40.7 Å². The highest BCUT2D eigenvalue weighted by Gasteiger charge is 2.40. The first kappa shape index (κ1) is 32.2. The Kier molecular flexibility index (Phi) is 9.33. The van der Waals surface area contributed by atoms with Gasteiger partial charge in [-0.25, -0.2) is 4.68 Å². The molecule has 1 fully saturated rings. The highest BCUT2D eigenvalue weighted by atomic mass is 32.2. The van der Waals surface area contributed by atoms with Gasteiger partial charge in [0.05, 0.1) is 43.7 Å². The summed E-state index contributed by atoms with van der Waals surface area (Å²) in [7, 11) is 4.81. The molecule has 2 aromatic carbocycles. The average Bonchev–Trinajstić information content (AvgIpc) is 3.38. The lowest BCUT2D eigenvalue weighted by Gasteiger charge is -2.35. The van der Waals surface area contributed by atoms with Gasteiger partial charge in [-0.2, -0.15) is 5.10 Å². The molecule has 0 aliphatic carbocycles. The van der Waals surface area contributed by atoms with E-state index in [0.717, 1.165) is 22.5 Å². The Balaban J connectivity index is 1.67. The van der Waals surface area contributed by atoms with Crippen molar-refractivity contribution in [3.05, 3.63) is 59.3 Å². The summed E-state index contributed by atoms with van der Waals surface area (Å²) in [5, 5.41) is 4.87. The maximum atomic E-state index is 14.1. The smallest absolute Gasteiger partial charge is 0.242 e. The summed E-state index contributed by atoms with van der Waals surface area (Å²) in [5.74, 6) is 2.25. The third kappa shape index (κ3) is 6.47. The van der Waals surface area contributed by atoms with Crippen LogP contribution in [0.25, 0.3) is 5.69 Å². The Labute approximate surface area is 268 Å². The van der Waals surface area contributed by atoms with Gasteiger partial charge in [0.2, 0.25) is 17.7 Å². The van der Waals surface area contributed by atoms with Crippen LogP contribution < -0.4 is 19.1 Å². The highest BCUT2D eigenvalue weighted by Crippen LogP contribution is 2.49. The number of rotatable bonds is 7. The van der Waals surface area contributed by atoms with E-state index in [1.165, 1.54) is 18.7 Å². The van der Waals surface area contributed by atoms with E-state index in [9.17, 15) is 14.4 Å². The molecule has 0 N–H and O–H groups in total. The van der Waals surface area contributed by atoms with E-state index in [4.69, 9.17) is 19.3 Å². The quantitative estimate of drug-likeness (QED) is 0.383. The molecule has 12 heteroatoms. The molecule has 1 saturated heterocycles. The van der Waals surface area contributed by atoms with Crippen molar-refractivity contribution in [3.8, 4) is 22.9 Å². The number of carbonyl (C=O) groups excluding carboxylic acids is 3. The molecule has 240 valence electrons. The summed E-state index contributed by atoms with van der Waals surface area (Å²) in [4.78, 5) is 44.8. The number of methoxy groups -OCH3 is 3. The molecule has 0 unspecified atom stereocenters. The second-order valence-electron chi connectivity index (χ2n) is 12.1. The van der Waals surface area contributed by atoms with Crippen molar-refractivity contribution in [2.45, 2.75) is 38.4 Å². The van der Waals surface area contributed by atoms with Gasteiger partial charge in [-0.1, -0.05) is 26.8 Å². The number of thioether (sulfide) groups is 1. The number of hydrogen-bond donors (Lipinski definition) is 0. The fourth-order valence-corrected chi connectivity index (χ4v) is 6.95. The zero-order valence-corrected chi connectivity index (χ0v) is 27.8. The van der Waals surface area contributed by atoms with Gasteiger partial charge in [0, 0.05) is 44.1 Å². The van der Waals surface area contributed by atoms with Crippen LogP contribution in [0, 0.1) is 0 Å². The molecule has 0 saturated carbocycles. The standard InChI is InChI=1S/C33H41N5O6S/c1-21(39)35-14-16-36(17-15-35)27(40)19-37-28(41)20-45-30(22-8-13-25(43-6)26(18-22)44-7)29-31(33(2,3)4)34-38(32(29)37)23-9-11-24(42-5)12-10-23/h8-13,18,30H,14-17,19-20H2,1-7H3/t30-/m0/s1. The summed E-state index contributed by atoms with van der Waals surface area (Å²) in [6.07, 6.45) is 0. The number of benzene rings is 2. The number of piperazine rings is 1. The SMILES string of the molecule is COc1ccc(-n2nc(C(C)(C)C)c3c2N(CC(=O)N2CCN(C(C)=O)CC2)C(=O)CS[C@H]3c2ccc(OC)c(OC)c2)cc1. The predicted molar refractivity (Wildman–Crippen MR) is 174 cm³/mol. The second kappa shape index (κ2) is 13.0. The molecule has 3 aromatic rings. The van der Waals surface area contributed by atoms with Gasteiger partial charge >= 0.3 is 0 Å². The van der Waals surface area contributed by atoms with Gasteiger partial charge in [-0.15, -0.1) is 11.8 Å². The number of carbonyl (C=O) groups is 3. The molecule has 3 amide bonds. The van der Waals surface area contributed by atoms with E-state index in [2.05, 4.69) is 20.8 Å². The maximum Gasteiger partial charge on any atom is 0.242 e. The van der Waals surface area contributed by atoms with Crippen LogP contribution >= 0.6 is 11.8 Å². The second-order valence-corrected chi connectivity index (χ2v) is 13.2. The Morgan fingerprint density at radius 1 is 0.911 bits per heavy atom. The fourth-order valence-electron chi connectivity index (χ4n) is 5.76. The van der Waals surface area contributed by atoms with Crippen molar-refractivity contribution in [3.63, 3.8) is 0 Å². The number of fused-ring (bicyclic) bond motifs is 1. The number of hydrogen-bond acceptors (Lipinski definition) is 8. The molecule has 0 spiro atoms. The molecule has 0 bridgehead atoms. The van der Waals surface area contributed by atoms with Crippen LogP contribution in [-0.4, -0.2) is 97.1 Å². The van der Waals surface area contributed by atoms with Crippen molar-refractivity contribution < 1.29 is 28.6 Å². The minimum atomic E-state index is -0.400. The maximum absolute atomic E-state index is 14.1. The largest absolute Gasteiger partial charge is 0.497 e. The molecule has 2 aliphatic heterocycles. The van der Waals surface area contributed by atoms with E-state index in [0.29, 0.717) is 49.2 Å². The van der Waals surface area contributed by atoms with Crippen molar-refractivity contribution in [1.82, 2.24) is 19.6 Å². The first-order valence-corrected chi connectivity index (χ1v) is 16.0. The molecule has 2 aliphatic rings. The van der Waals surface area contributed by atoms with Gasteiger partial charge in [0.15, 0.2) is 11.5 Å². The minimum absolute atomic E-state index is 0.00855. The molecular weight excluding hydrogens is 594 g/mol. The van der Waals surface area contributed by atoms with Crippen LogP contribution in [0.3, 0.4) is 0 Å². The van der Waals surface area contributed by atoms with Crippen LogP contribution in [-0.2, 0) is 19.8 Å². The first-order valence-electron chi connectivity index (χ1n) is 14.9. The van der Waals surface area contributed by atoms with E-state index < -0.39 is 5.41 Å². The van der Waals surface area contributed by atoms with Crippen LogP contribution in [0.5, 0.6) is 17.2 Å². The summed E-state index contributed by atoms with van der Waals surface area (Å²) in [6.45, 7) is 9.46. The lowest BCUT2D eigenvalue weighted by Crippen LogP contribution is -2.53. The van der Waals surface area contributed by atoms with Crippen molar-refractivity contribution in [1.29, 1.82) is 0 Å². The lowest BCUT2D eigenvalue weighted by atomic mass is 9.87. The monoisotopic (exact) mass is 635 g/mol. The van der Waals surface area contributed by atoms with Gasteiger partial charge in [0.25, 0.3) is 0 Å². The number of nitrogens with zero attached hydrogens (tertiary/aromatic N) is 5. The number of aromatic nitrogens is 2. The number of amides is 3. The number of ether oxygens (including phenoxy) is 3. The third-order valence-electron chi connectivity index (χ3n) is 8.20. The lowest BCUT2D eigenvalue weighted by molar-refractivity contribution is -0.137. The summed E-state index contributed by atoms with van der Waals surface area (Å²) in [5.41, 5.74) is 2.96. The Hall–Kier alpha value is -4.19. The Morgan fingerprint density at radius 2 is 1.56 bits per heavy atom. The third-order valence-corrected chi connectivity index (χ3v) is 9.45. The highest BCUT2D eigenvalue weighted by molar-refractivity contribution is 8.00. The molecule has 1 atom stereocenters. The van der Waals surface area contributed by atoms with E-state index in [1.807, 2.05) is 42.5 Å². The topological polar surface area (TPSA) is 106 Å². The molecule has 11 nitrogen and oxygen atoms in total. The molecule has 0 radical (unpaired) electrons.